The number of aryl methyl sites for hydroxylation is 1. The molecule has 0 fully saturated rings. The van der Waals surface area contributed by atoms with Crippen LogP contribution in [0.5, 0.6) is 0 Å². The molecule has 1 heterocycles. The van der Waals surface area contributed by atoms with Crippen LogP contribution < -0.4 is 0 Å². The molecular formula is C11H14O4S. The molecule has 5 heteroatoms. The van der Waals surface area contributed by atoms with Gasteiger partial charge in [-0.15, -0.1) is 0 Å². The van der Waals surface area contributed by atoms with Gasteiger partial charge in [-0.25, -0.2) is 0 Å². The molecule has 0 aliphatic rings. The molecule has 1 N–H and O–H groups in total. The Morgan fingerprint density at radius 2 is 2.25 bits per heavy atom. The van der Waals surface area contributed by atoms with E-state index >= 15 is 0 Å². The maximum absolute atomic E-state index is 11.4. The zero-order chi connectivity index (χ0) is 12.2. The van der Waals surface area contributed by atoms with Crippen molar-refractivity contribution in [2.45, 2.75) is 19.8 Å². The third-order valence-corrected chi connectivity index (χ3v) is 3.33. The predicted octanol–water partition coefficient (Wildman–Crippen LogP) is 1.94. The third-order valence-electron chi connectivity index (χ3n) is 2.60. The average Bonchev–Trinajstić information content (AvgIpc) is 2.77. The van der Waals surface area contributed by atoms with Crippen molar-refractivity contribution in [2.24, 2.45) is 5.41 Å². The fourth-order valence-electron chi connectivity index (χ4n) is 1.35. The molecule has 4 nitrogen and oxygen atoms in total. The van der Waals surface area contributed by atoms with Crippen LogP contribution in [-0.4, -0.2) is 24.2 Å². The molecule has 88 valence electrons. The molecule has 1 aromatic heterocycles. The summed E-state index contributed by atoms with van der Waals surface area (Å²) in [5.74, 6) is -1.84. The van der Waals surface area contributed by atoms with Gasteiger partial charge in [-0.3, -0.25) is 9.59 Å². The highest BCUT2D eigenvalue weighted by Crippen LogP contribution is 2.26. The number of esters is 1. The van der Waals surface area contributed by atoms with E-state index in [4.69, 9.17) is 5.11 Å². The summed E-state index contributed by atoms with van der Waals surface area (Å²) >= 11 is 1.55. The van der Waals surface area contributed by atoms with Crippen molar-refractivity contribution < 1.29 is 19.4 Å². The summed E-state index contributed by atoms with van der Waals surface area (Å²) in [4.78, 5) is 22.5. The highest BCUT2D eigenvalue weighted by molar-refractivity contribution is 7.07. The molecule has 1 atom stereocenters. The second kappa shape index (κ2) is 5.12. The van der Waals surface area contributed by atoms with Crippen LogP contribution in [0.25, 0.3) is 0 Å². The number of carboxylic acid groups (broad SMARTS) is 1. The second-order valence-electron chi connectivity index (χ2n) is 3.76. The Balaban J connectivity index is 2.72. The van der Waals surface area contributed by atoms with Gasteiger partial charge in [-0.1, -0.05) is 0 Å². The van der Waals surface area contributed by atoms with Crippen molar-refractivity contribution in [2.75, 3.05) is 7.11 Å². The molecule has 0 amide bonds. The number of thiophene rings is 1. The van der Waals surface area contributed by atoms with E-state index in [1.165, 1.54) is 14.0 Å². The van der Waals surface area contributed by atoms with Crippen molar-refractivity contribution in [3.63, 3.8) is 0 Å². The molecule has 0 saturated heterocycles. The third kappa shape index (κ3) is 2.61. The Hall–Kier alpha value is -1.36. The number of carbonyl (C=O) groups is 2. The van der Waals surface area contributed by atoms with Crippen molar-refractivity contribution >= 4 is 23.3 Å². The Morgan fingerprint density at radius 3 is 2.69 bits per heavy atom. The summed E-state index contributed by atoms with van der Waals surface area (Å²) in [7, 11) is 1.20. The van der Waals surface area contributed by atoms with Gasteiger partial charge in [0.1, 0.15) is 0 Å². The number of carbonyl (C=O) groups excluding carboxylic acids is 1. The number of aliphatic carboxylic acids is 1. The summed E-state index contributed by atoms with van der Waals surface area (Å²) < 4.78 is 4.53. The maximum Gasteiger partial charge on any atom is 0.322 e. The molecule has 0 aliphatic carbocycles. The van der Waals surface area contributed by atoms with Crippen molar-refractivity contribution in [3.05, 3.63) is 22.4 Å². The smallest absolute Gasteiger partial charge is 0.322 e. The summed E-state index contributed by atoms with van der Waals surface area (Å²) in [5, 5.41) is 12.9. The number of rotatable bonds is 5. The van der Waals surface area contributed by atoms with Gasteiger partial charge in [-0.05, 0) is 42.2 Å². The lowest BCUT2D eigenvalue weighted by Crippen LogP contribution is -2.37. The number of methoxy groups -OCH3 is 1. The largest absolute Gasteiger partial charge is 0.480 e. The minimum atomic E-state index is -1.46. The van der Waals surface area contributed by atoms with Crippen LogP contribution in [-0.2, 0) is 20.7 Å². The quantitative estimate of drug-likeness (QED) is 0.633. The SMILES string of the molecule is COC(=O)C(C)(CCc1ccsc1)C(=O)O. The highest BCUT2D eigenvalue weighted by Gasteiger charge is 2.42. The first-order valence-corrected chi connectivity index (χ1v) is 5.78. The van der Waals surface area contributed by atoms with Crippen LogP contribution in [0.15, 0.2) is 16.8 Å². The zero-order valence-electron chi connectivity index (χ0n) is 9.23. The fraction of sp³-hybridized carbons (Fsp3) is 0.455. The topological polar surface area (TPSA) is 63.6 Å². The van der Waals surface area contributed by atoms with E-state index in [2.05, 4.69) is 4.74 Å². The number of ether oxygens (including phenoxy) is 1. The van der Waals surface area contributed by atoms with Gasteiger partial charge >= 0.3 is 11.9 Å². The first kappa shape index (κ1) is 12.7. The summed E-state index contributed by atoms with van der Waals surface area (Å²) in [6.07, 6.45) is 0.799. The Morgan fingerprint density at radius 1 is 1.56 bits per heavy atom. The van der Waals surface area contributed by atoms with Crippen molar-refractivity contribution in [1.29, 1.82) is 0 Å². The molecule has 1 unspecified atom stereocenters. The van der Waals surface area contributed by atoms with Crippen LogP contribution in [0.2, 0.25) is 0 Å². The Bertz CT molecular complexity index is 371. The van der Waals surface area contributed by atoms with Crippen molar-refractivity contribution in [3.8, 4) is 0 Å². The van der Waals surface area contributed by atoms with Crippen molar-refractivity contribution in [1.82, 2.24) is 0 Å². The molecular weight excluding hydrogens is 228 g/mol. The molecule has 0 radical (unpaired) electrons. The van der Waals surface area contributed by atoms with Gasteiger partial charge in [0.15, 0.2) is 5.41 Å². The summed E-state index contributed by atoms with van der Waals surface area (Å²) in [6.45, 7) is 1.40. The molecule has 0 bridgehead atoms. The van der Waals surface area contributed by atoms with E-state index in [1.807, 2.05) is 16.8 Å². The highest BCUT2D eigenvalue weighted by atomic mass is 32.1. The van der Waals surface area contributed by atoms with Crippen LogP contribution in [0.1, 0.15) is 18.9 Å². The first-order chi connectivity index (χ1) is 7.50. The van der Waals surface area contributed by atoms with Gasteiger partial charge in [-0.2, -0.15) is 11.3 Å². The van der Waals surface area contributed by atoms with Crippen LogP contribution in [0, 0.1) is 5.41 Å². The second-order valence-corrected chi connectivity index (χ2v) is 4.54. The standard InChI is InChI=1S/C11H14O4S/c1-11(9(12)13,10(14)15-2)5-3-8-4-6-16-7-8/h4,6-7H,3,5H2,1-2H3,(H,12,13). The van der Waals surface area contributed by atoms with E-state index in [0.717, 1.165) is 5.56 Å². The normalized spacial score (nSPS) is 14.1. The first-order valence-electron chi connectivity index (χ1n) is 4.83. The summed E-state index contributed by atoms with van der Waals surface area (Å²) in [5.41, 5.74) is -0.419. The van der Waals surface area contributed by atoms with E-state index in [1.54, 1.807) is 11.3 Å². The molecule has 0 saturated carbocycles. The fourth-order valence-corrected chi connectivity index (χ4v) is 2.05. The molecule has 1 aromatic rings. The van der Waals surface area contributed by atoms with Crippen LogP contribution in [0.3, 0.4) is 0 Å². The molecule has 0 spiro atoms. The predicted molar refractivity (Wildman–Crippen MR) is 60.4 cm³/mol. The van der Waals surface area contributed by atoms with E-state index < -0.39 is 17.4 Å². The molecule has 16 heavy (non-hydrogen) atoms. The molecule has 0 aliphatic heterocycles. The van der Waals surface area contributed by atoms with E-state index in [9.17, 15) is 9.59 Å². The number of hydrogen-bond acceptors (Lipinski definition) is 4. The molecule has 1 rings (SSSR count). The lowest BCUT2D eigenvalue weighted by molar-refractivity contribution is -0.166. The zero-order valence-corrected chi connectivity index (χ0v) is 10.0. The van der Waals surface area contributed by atoms with Crippen LogP contribution >= 0.6 is 11.3 Å². The monoisotopic (exact) mass is 242 g/mol. The van der Waals surface area contributed by atoms with E-state index in [-0.39, 0.29) is 6.42 Å². The van der Waals surface area contributed by atoms with E-state index in [0.29, 0.717) is 6.42 Å². The minimum Gasteiger partial charge on any atom is -0.480 e. The summed E-state index contributed by atoms with van der Waals surface area (Å²) in [6, 6.07) is 1.92. The minimum absolute atomic E-state index is 0.242. The Kier molecular flexibility index (Phi) is 4.06. The van der Waals surface area contributed by atoms with Crippen LogP contribution in [0.4, 0.5) is 0 Å². The van der Waals surface area contributed by atoms with Gasteiger partial charge < -0.3 is 9.84 Å². The lowest BCUT2D eigenvalue weighted by Gasteiger charge is -2.21. The lowest BCUT2D eigenvalue weighted by atomic mass is 9.84. The average molecular weight is 242 g/mol. The van der Waals surface area contributed by atoms with Gasteiger partial charge in [0.25, 0.3) is 0 Å². The Labute approximate surface area is 97.9 Å². The van der Waals surface area contributed by atoms with Gasteiger partial charge in [0.05, 0.1) is 7.11 Å². The number of carboxylic acids is 1. The van der Waals surface area contributed by atoms with Gasteiger partial charge in [0, 0.05) is 0 Å². The van der Waals surface area contributed by atoms with Gasteiger partial charge in [0.2, 0.25) is 0 Å². The molecule has 0 aromatic carbocycles. The maximum atomic E-state index is 11.4. The number of hydrogen-bond donors (Lipinski definition) is 1.